The van der Waals surface area contributed by atoms with Gasteiger partial charge in [-0.2, -0.15) is 0 Å². The molecule has 0 saturated heterocycles. The van der Waals surface area contributed by atoms with E-state index in [1.165, 1.54) is 0 Å². The number of carbonyl (C=O) groups is 1. The SMILES string of the molecule is CCc1cc(C2CC2)c(C(=O)O)n1C. The van der Waals surface area contributed by atoms with E-state index in [-0.39, 0.29) is 0 Å². The molecular weight excluding hydrogens is 178 g/mol. The van der Waals surface area contributed by atoms with Crippen LogP contribution in [-0.4, -0.2) is 15.6 Å². The van der Waals surface area contributed by atoms with E-state index in [9.17, 15) is 4.79 Å². The Morgan fingerprint density at radius 2 is 2.29 bits per heavy atom. The molecule has 0 unspecified atom stereocenters. The van der Waals surface area contributed by atoms with Crippen molar-refractivity contribution in [2.45, 2.75) is 32.1 Å². The van der Waals surface area contributed by atoms with E-state index in [0.29, 0.717) is 11.6 Å². The summed E-state index contributed by atoms with van der Waals surface area (Å²) >= 11 is 0. The summed E-state index contributed by atoms with van der Waals surface area (Å²) in [6, 6.07) is 2.06. The average Bonchev–Trinajstić information content (AvgIpc) is 2.90. The third kappa shape index (κ3) is 1.33. The highest BCUT2D eigenvalue weighted by atomic mass is 16.4. The lowest BCUT2D eigenvalue weighted by Gasteiger charge is -2.02. The quantitative estimate of drug-likeness (QED) is 0.799. The summed E-state index contributed by atoms with van der Waals surface area (Å²) in [5.74, 6) is -0.290. The van der Waals surface area contributed by atoms with Crippen LogP contribution in [0.4, 0.5) is 0 Å². The van der Waals surface area contributed by atoms with Gasteiger partial charge in [-0.05, 0) is 36.8 Å². The molecule has 76 valence electrons. The van der Waals surface area contributed by atoms with Crippen LogP contribution in [0.5, 0.6) is 0 Å². The summed E-state index contributed by atoms with van der Waals surface area (Å²) in [5.41, 5.74) is 2.64. The largest absolute Gasteiger partial charge is 0.477 e. The van der Waals surface area contributed by atoms with Gasteiger partial charge in [-0.3, -0.25) is 0 Å². The van der Waals surface area contributed by atoms with Crippen molar-refractivity contribution in [2.75, 3.05) is 0 Å². The van der Waals surface area contributed by atoms with Gasteiger partial charge < -0.3 is 9.67 Å². The van der Waals surface area contributed by atoms with Gasteiger partial charge in [0, 0.05) is 12.7 Å². The molecule has 0 bridgehead atoms. The van der Waals surface area contributed by atoms with Crippen molar-refractivity contribution >= 4 is 5.97 Å². The first-order chi connectivity index (χ1) is 6.65. The van der Waals surface area contributed by atoms with Gasteiger partial charge >= 0.3 is 5.97 Å². The monoisotopic (exact) mass is 193 g/mol. The van der Waals surface area contributed by atoms with E-state index in [0.717, 1.165) is 30.5 Å². The van der Waals surface area contributed by atoms with Gasteiger partial charge in [0.1, 0.15) is 5.69 Å². The lowest BCUT2D eigenvalue weighted by atomic mass is 10.1. The number of rotatable bonds is 3. The predicted octanol–water partition coefficient (Wildman–Crippen LogP) is 2.16. The molecular formula is C11H15NO2. The highest BCUT2D eigenvalue weighted by Gasteiger charge is 2.31. The standard InChI is InChI=1S/C11H15NO2/c1-3-8-6-9(7-4-5-7)10(11(13)14)12(8)2/h6-7H,3-5H2,1-2H3,(H,13,14). The summed E-state index contributed by atoms with van der Waals surface area (Å²) in [7, 11) is 1.84. The smallest absolute Gasteiger partial charge is 0.352 e. The number of hydrogen-bond donors (Lipinski definition) is 1. The van der Waals surface area contributed by atoms with Gasteiger partial charge in [0.05, 0.1) is 0 Å². The van der Waals surface area contributed by atoms with Gasteiger partial charge in [0.25, 0.3) is 0 Å². The molecule has 3 heteroatoms. The Morgan fingerprint density at radius 3 is 2.71 bits per heavy atom. The summed E-state index contributed by atoms with van der Waals surface area (Å²) in [6.07, 6.45) is 3.18. The van der Waals surface area contributed by atoms with Crippen molar-refractivity contribution < 1.29 is 9.90 Å². The van der Waals surface area contributed by atoms with E-state index in [4.69, 9.17) is 5.11 Å². The molecule has 0 atom stereocenters. The average molecular weight is 193 g/mol. The first-order valence-electron chi connectivity index (χ1n) is 5.07. The maximum Gasteiger partial charge on any atom is 0.352 e. The van der Waals surface area contributed by atoms with Crippen LogP contribution in [0.25, 0.3) is 0 Å². The zero-order valence-electron chi connectivity index (χ0n) is 8.58. The molecule has 1 N–H and O–H groups in total. The first-order valence-corrected chi connectivity index (χ1v) is 5.07. The maximum absolute atomic E-state index is 11.1. The van der Waals surface area contributed by atoms with E-state index < -0.39 is 5.97 Å². The number of nitrogens with zero attached hydrogens (tertiary/aromatic N) is 1. The van der Waals surface area contributed by atoms with E-state index in [2.05, 4.69) is 13.0 Å². The molecule has 2 rings (SSSR count). The van der Waals surface area contributed by atoms with Crippen LogP contribution < -0.4 is 0 Å². The highest BCUT2D eigenvalue weighted by molar-refractivity contribution is 5.88. The molecule has 0 amide bonds. The summed E-state index contributed by atoms with van der Waals surface area (Å²) in [4.78, 5) is 11.1. The Bertz CT molecular complexity index is 375. The van der Waals surface area contributed by atoms with Crippen LogP contribution in [0.3, 0.4) is 0 Å². The van der Waals surface area contributed by atoms with Crippen LogP contribution in [0.2, 0.25) is 0 Å². The van der Waals surface area contributed by atoms with Crippen molar-refractivity contribution in [3.05, 3.63) is 23.0 Å². The molecule has 0 spiro atoms. The van der Waals surface area contributed by atoms with Crippen molar-refractivity contribution in [1.82, 2.24) is 4.57 Å². The van der Waals surface area contributed by atoms with Gasteiger partial charge in [0.15, 0.2) is 0 Å². The number of carboxylic acid groups (broad SMARTS) is 1. The fourth-order valence-corrected chi connectivity index (χ4v) is 1.99. The Kier molecular flexibility index (Phi) is 2.10. The lowest BCUT2D eigenvalue weighted by molar-refractivity contribution is 0.0685. The molecule has 0 radical (unpaired) electrons. The Hall–Kier alpha value is -1.25. The molecule has 1 aliphatic carbocycles. The minimum Gasteiger partial charge on any atom is -0.477 e. The number of aromatic nitrogens is 1. The minimum absolute atomic E-state index is 0.490. The lowest BCUT2D eigenvalue weighted by Crippen LogP contribution is -2.08. The van der Waals surface area contributed by atoms with Crippen LogP contribution in [-0.2, 0) is 13.5 Å². The highest BCUT2D eigenvalue weighted by Crippen LogP contribution is 2.42. The molecule has 1 aromatic rings. The molecule has 3 nitrogen and oxygen atoms in total. The van der Waals surface area contributed by atoms with Crippen LogP contribution in [0.15, 0.2) is 6.07 Å². The predicted molar refractivity (Wildman–Crippen MR) is 53.7 cm³/mol. The van der Waals surface area contributed by atoms with Crippen molar-refractivity contribution in [2.24, 2.45) is 7.05 Å². The van der Waals surface area contributed by atoms with E-state index in [1.807, 2.05) is 11.6 Å². The Labute approximate surface area is 83.4 Å². The fraction of sp³-hybridized carbons (Fsp3) is 0.545. The molecule has 0 aliphatic heterocycles. The number of carboxylic acids is 1. The second kappa shape index (κ2) is 3.15. The second-order valence-electron chi connectivity index (χ2n) is 3.93. The molecule has 1 aromatic heterocycles. The second-order valence-corrected chi connectivity index (χ2v) is 3.93. The topological polar surface area (TPSA) is 42.2 Å². The molecule has 1 aliphatic rings. The number of aromatic carboxylic acids is 1. The van der Waals surface area contributed by atoms with Gasteiger partial charge in [0.2, 0.25) is 0 Å². The summed E-state index contributed by atoms with van der Waals surface area (Å²) in [6.45, 7) is 2.05. The number of aryl methyl sites for hydroxylation is 1. The molecule has 14 heavy (non-hydrogen) atoms. The van der Waals surface area contributed by atoms with Crippen LogP contribution >= 0.6 is 0 Å². The van der Waals surface area contributed by atoms with Crippen molar-refractivity contribution in [3.63, 3.8) is 0 Å². The van der Waals surface area contributed by atoms with Crippen LogP contribution in [0, 0.1) is 0 Å². The normalized spacial score (nSPS) is 15.9. The molecule has 1 heterocycles. The summed E-state index contributed by atoms with van der Waals surface area (Å²) in [5, 5.41) is 9.11. The zero-order chi connectivity index (χ0) is 10.3. The third-order valence-corrected chi connectivity index (χ3v) is 2.94. The van der Waals surface area contributed by atoms with Crippen molar-refractivity contribution in [3.8, 4) is 0 Å². The Balaban J connectivity index is 2.51. The first kappa shape index (κ1) is 9.31. The molecule has 1 fully saturated rings. The van der Waals surface area contributed by atoms with Gasteiger partial charge in [-0.1, -0.05) is 6.92 Å². The third-order valence-electron chi connectivity index (χ3n) is 2.94. The van der Waals surface area contributed by atoms with Gasteiger partial charge in [-0.15, -0.1) is 0 Å². The van der Waals surface area contributed by atoms with Crippen LogP contribution in [0.1, 0.15) is 47.4 Å². The Morgan fingerprint density at radius 1 is 1.64 bits per heavy atom. The summed E-state index contributed by atoms with van der Waals surface area (Å²) < 4.78 is 1.82. The fourth-order valence-electron chi connectivity index (χ4n) is 1.99. The van der Waals surface area contributed by atoms with E-state index >= 15 is 0 Å². The maximum atomic E-state index is 11.1. The zero-order valence-corrected chi connectivity index (χ0v) is 8.58. The number of hydrogen-bond acceptors (Lipinski definition) is 1. The van der Waals surface area contributed by atoms with Crippen molar-refractivity contribution in [1.29, 1.82) is 0 Å². The molecule has 0 aromatic carbocycles. The van der Waals surface area contributed by atoms with E-state index in [1.54, 1.807) is 0 Å². The minimum atomic E-state index is -0.797. The molecule has 1 saturated carbocycles. The van der Waals surface area contributed by atoms with Gasteiger partial charge in [-0.25, -0.2) is 4.79 Å².